The first kappa shape index (κ1) is 16.8. The molecule has 1 rings (SSSR count). The summed E-state index contributed by atoms with van der Waals surface area (Å²) in [6.07, 6.45) is 0.851. The summed E-state index contributed by atoms with van der Waals surface area (Å²) in [5, 5.41) is 4.28. The van der Waals surface area contributed by atoms with E-state index in [2.05, 4.69) is 5.32 Å². The van der Waals surface area contributed by atoms with E-state index >= 15 is 0 Å². The van der Waals surface area contributed by atoms with Crippen LogP contribution in [-0.2, 0) is 9.84 Å². The van der Waals surface area contributed by atoms with Gasteiger partial charge in [0.05, 0.1) is 15.8 Å². The molecule has 0 fully saturated rings. The molecule has 3 nitrogen and oxygen atoms in total. The molecule has 108 valence electrons. The number of nitrogens with one attached hydrogen (secondary N) is 1. The van der Waals surface area contributed by atoms with Crippen LogP contribution in [0.15, 0.2) is 18.2 Å². The summed E-state index contributed by atoms with van der Waals surface area (Å²) in [5.74, 6) is 0.333. The van der Waals surface area contributed by atoms with E-state index in [4.69, 9.17) is 23.2 Å². The summed E-state index contributed by atoms with van der Waals surface area (Å²) in [6.45, 7) is 4.13. The van der Waals surface area contributed by atoms with Gasteiger partial charge < -0.3 is 5.32 Å². The van der Waals surface area contributed by atoms with Crippen molar-refractivity contribution in [1.82, 2.24) is 5.32 Å². The lowest BCUT2D eigenvalue weighted by molar-refractivity contribution is 0.531. The highest BCUT2D eigenvalue weighted by atomic mass is 35.5. The molecule has 1 unspecified atom stereocenters. The molecule has 1 atom stereocenters. The fourth-order valence-corrected chi connectivity index (χ4v) is 2.78. The van der Waals surface area contributed by atoms with Crippen molar-refractivity contribution in [2.75, 3.05) is 18.1 Å². The first-order valence-electron chi connectivity index (χ1n) is 6.28. The fourth-order valence-electron chi connectivity index (χ4n) is 1.76. The maximum absolute atomic E-state index is 11.4. The number of hydrogen-bond donors (Lipinski definition) is 1. The van der Waals surface area contributed by atoms with Crippen LogP contribution >= 0.6 is 23.2 Å². The van der Waals surface area contributed by atoms with E-state index < -0.39 is 9.84 Å². The second-order valence-electron chi connectivity index (χ2n) is 4.32. The van der Waals surface area contributed by atoms with Crippen LogP contribution in [0.2, 0.25) is 10.0 Å². The Balaban J connectivity index is 2.66. The summed E-state index contributed by atoms with van der Waals surface area (Å²) in [6, 6.07) is 5.57. The first-order valence-corrected chi connectivity index (χ1v) is 8.86. The van der Waals surface area contributed by atoms with Gasteiger partial charge in [-0.05, 0) is 24.1 Å². The number of benzene rings is 1. The Morgan fingerprint density at radius 3 is 2.42 bits per heavy atom. The van der Waals surface area contributed by atoms with E-state index in [0.717, 1.165) is 12.0 Å². The minimum atomic E-state index is -2.93. The van der Waals surface area contributed by atoms with Gasteiger partial charge in [0, 0.05) is 18.3 Å². The van der Waals surface area contributed by atoms with Crippen LogP contribution in [0.4, 0.5) is 0 Å². The standard InChI is InChI=1S/C13H19Cl2NO2S/c1-3-13(16-7-8-19(17,18)4-2)10-5-6-11(14)12(15)9-10/h5-6,9,13,16H,3-4,7-8H2,1-2H3. The molecule has 1 aromatic carbocycles. The zero-order valence-electron chi connectivity index (χ0n) is 11.1. The number of halogens is 2. The van der Waals surface area contributed by atoms with Gasteiger partial charge in [0.1, 0.15) is 0 Å². The average Bonchev–Trinajstić information content (AvgIpc) is 2.38. The molecule has 19 heavy (non-hydrogen) atoms. The van der Waals surface area contributed by atoms with Gasteiger partial charge in [-0.15, -0.1) is 0 Å². The predicted molar refractivity (Wildman–Crippen MR) is 81.8 cm³/mol. The zero-order valence-corrected chi connectivity index (χ0v) is 13.4. The van der Waals surface area contributed by atoms with E-state index in [-0.39, 0.29) is 17.5 Å². The Kier molecular flexibility index (Phi) is 6.60. The van der Waals surface area contributed by atoms with Crippen LogP contribution in [0, 0.1) is 0 Å². The minimum Gasteiger partial charge on any atom is -0.309 e. The van der Waals surface area contributed by atoms with Crippen LogP contribution in [0.5, 0.6) is 0 Å². The molecular weight excluding hydrogens is 305 g/mol. The smallest absolute Gasteiger partial charge is 0.151 e. The van der Waals surface area contributed by atoms with E-state index in [1.54, 1.807) is 13.0 Å². The van der Waals surface area contributed by atoms with Crippen molar-refractivity contribution in [3.05, 3.63) is 33.8 Å². The van der Waals surface area contributed by atoms with Gasteiger partial charge in [0.25, 0.3) is 0 Å². The number of hydrogen-bond acceptors (Lipinski definition) is 3. The highest BCUT2D eigenvalue weighted by molar-refractivity contribution is 7.91. The Morgan fingerprint density at radius 1 is 1.21 bits per heavy atom. The molecule has 6 heteroatoms. The minimum absolute atomic E-state index is 0.0850. The summed E-state index contributed by atoms with van der Waals surface area (Å²) in [5.41, 5.74) is 1.02. The van der Waals surface area contributed by atoms with Crippen molar-refractivity contribution in [3.8, 4) is 0 Å². The van der Waals surface area contributed by atoms with E-state index in [0.29, 0.717) is 16.6 Å². The summed E-state index contributed by atoms with van der Waals surface area (Å²) >= 11 is 11.9. The average molecular weight is 324 g/mol. The third kappa shape index (κ3) is 5.30. The number of sulfone groups is 1. The maximum atomic E-state index is 11.4. The lowest BCUT2D eigenvalue weighted by atomic mass is 10.0. The lowest BCUT2D eigenvalue weighted by Gasteiger charge is -2.18. The molecule has 0 spiro atoms. The molecule has 0 saturated carbocycles. The highest BCUT2D eigenvalue weighted by Gasteiger charge is 2.12. The van der Waals surface area contributed by atoms with Gasteiger partial charge in [0.2, 0.25) is 0 Å². The van der Waals surface area contributed by atoms with Crippen molar-refractivity contribution >= 4 is 33.0 Å². The lowest BCUT2D eigenvalue weighted by Crippen LogP contribution is -2.27. The van der Waals surface area contributed by atoms with Crippen LogP contribution in [0.1, 0.15) is 31.9 Å². The zero-order chi connectivity index (χ0) is 14.5. The highest BCUT2D eigenvalue weighted by Crippen LogP contribution is 2.26. The Hall–Kier alpha value is -0.290. The molecule has 0 aromatic heterocycles. The molecule has 0 heterocycles. The van der Waals surface area contributed by atoms with Crippen molar-refractivity contribution < 1.29 is 8.42 Å². The van der Waals surface area contributed by atoms with Gasteiger partial charge in [-0.3, -0.25) is 0 Å². The van der Waals surface area contributed by atoms with E-state index in [9.17, 15) is 8.42 Å². The second kappa shape index (κ2) is 7.48. The van der Waals surface area contributed by atoms with Crippen LogP contribution in [0.25, 0.3) is 0 Å². The fraction of sp³-hybridized carbons (Fsp3) is 0.538. The van der Waals surface area contributed by atoms with Crippen LogP contribution in [0.3, 0.4) is 0 Å². The molecule has 0 radical (unpaired) electrons. The molecule has 0 bridgehead atoms. The predicted octanol–water partition coefficient (Wildman–Crippen LogP) is 3.47. The summed E-state index contributed by atoms with van der Waals surface area (Å²) < 4.78 is 22.9. The van der Waals surface area contributed by atoms with Gasteiger partial charge in [0.15, 0.2) is 9.84 Å². The number of rotatable bonds is 7. The third-order valence-electron chi connectivity index (χ3n) is 3.00. The molecule has 0 amide bonds. The van der Waals surface area contributed by atoms with Gasteiger partial charge in [-0.25, -0.2) is 8.42 Å². The van der Waals surface area contributed by atoms with E-state index in [1.807, 2.05) is 19.1 Å². The topological polar surface area (TPSA) is 46.2 Å². The van der Waals surface area contributed by atoms with Crippen molar-refractivity contribution in [2.24, 2.45) is 0 Å². The second-order valence-corrected chi connectivity index (χ2v) is 7.61. The monoisotopic (exact) mass is 323 g/mol. The Labute approximate surface area is 125 Å². The SMILES string of the molecule is CCC(NCCS(=O)(=O)CC)c1ccc(Cl)c(Cl)c1. The summed E-state index contributed by atoms with van der Waals surface area (Å²) in [4.78, 5) is 0. The van der Waals surface area contributed by atoms with E-state index in [1.165, 1.54) is 0 Å². The Morgan fingerprint density at radius 2 is 1.89 bits per heavy atom. The Bertz CT molecular complexity index is 517. The third-order valence-corrected chi connectivity index (χ3v) is 5.44. The van der Waals surface area contributed by atoms with Crippen LogP contribution in [-0.4, -0.2) is 26.5 Å². The molecule has 1 N–H and O–H groups in total. The van der Waals surface area contributed by atoms with Gasteiger partial charge >= 0.3 is 0 Å². The normalized spacial score (nSPS) is 13.5. The largest absolute Gasteiger partial charge is 0.309 e. The van der Waals surface area contributed by atoms with Crippen molar-refractivity contribution in [3.63, 3.8) is 0 Å². The summed E-state index contributed by atoms with van der Waals surface area (Å²) in [7, 11) is -2.93. The quantitative estimate of drug-likeness (QED) is 0.835. The van der Waals surface area contributed by atoms with Gasteiger partial charge in [-0.2, -0.15) is 0 Å². The first-order chi connectivity index (χ1) is 8.89. The van der Waals surface area contributed by atoms with Crippen molar-refractivity contribution in [2.45, 2.75) is 26.3 Å². The van der Waals surface area contributed by atoms with Gasteiger partial charge in [-0.1, -0.05) is 43.1 Å². The maximum Gasteiger partial charge on any atom is 0.151 e. The molecule has 0 saturated heterocycles. The molecular formula is C13H19Cl2NO2S. The molecule has 0 aliphatic heterocycles. The molecule has 0 aliphatic rings. The molecule has 1 aromatic rings. The van der Waals surface area contributed by atoms with Crippen LogP contribution < -0.4 is 5.32 Å². The van der Waals surface area contributed by atoms with Crippen molar-refractivity contribution in [1.29, 1.82) is 0 Å². The molecule has 0 aliphatic carbocycles.